The second-order valence-corrected chi connectivity index (χ2v) is 7.85. The predicted molar refractivity (Wildman–Crippen MR) is 122 cm³/mol. The molecule has 1 unspecified atom stereocenters. The Labute approximate surface area is 186 Å². The lowest BCUT2D eigenvalue weighted by Crippen LogP contribution is -2.35. The van der Waals surface area contributed by atoms with Crippen LogP contribution in [0, 0.1) is 13.8 Å². The first-order valence-corrected chi connectivity index (χ1v) is 10.7. The molecule has 2 aromatic heterocycles. The average Bonchev–Trinajstić information content (AvgIpc) is 3.20. The number of hydrogen-bond acceptors (Lipinski definition) is 4. The number of amides is 1. The summed E-state index contributed by atoms with van der Waals surface area (Å²) in [6, 6.07) is 19.5. The number of nitrogens with zero attached hydrogens (tertiary/aromatic N) is 5. The van der Waals surface area contributed by atoms with E-state index in [1.54, 1.807) is 9.42 Å². The van der Waals surface area contributed by atoms with Gasteiger partial charge in [-0.1, -0.05) is 67.1 Å². The van der Waals surface area contributed by atoms with Gasteiger partial charge in [0, 0.05) is 5.69 Å². The maximum Gasteiger partial charge on any atom is 0.253 e. The van der Waals surface area contributed by atoms with Gasteiger partial charge in [-0.2, -0.15) is 9.50 Å². The van der Waals surface area contributed by atoms with E-state index in [9.17, 15) is 4.79 Å². The fourth-order valence-corrected chi connectivity index (χ4v) is 3.86. The molecule has 2 aromatic carbocycles. The molecule has 0 radical (unpaired) electrons. The molecular weight excluding hydrogens is 410 g/mol. The second-order valence-electron chi connectivity index (χ2n) is 7.47. The van der Waals surface area contributed by atoms with E-state index in [1.165, 1.54) is 0 Å². The van der Waals surface area contributed by atoms with Crippen LogP contribution in [-0.4, -0.2) is 25.5 Å². The number of para-hydroxylation sites is 1. The highest BCUT2D eigenvalue weighted by Crippen LogP contribution is 2.27. The summed E-state index contributed by atoms with van der Waals surface area (Å²) in [6.45, 7) is 5.99. The molecule has 4 rings (SSSR count). The van der Waals surface area contributed by atoms with Gasteiger partial charge in [-0.3, -0.25) is 4.79 Å². The van der Waals surface area contributed by atoms with Crippen molar-refractivity contribution in [2.24, 2.45) is 0 Å². The molecule has 1 amide bonds. The van der Waals surface area contributed by atoms with E-state index in [2.05, 4.69) is 15.1 Å². The lowest BCUT2D eigenvalue weighted by molar-refractivity contribution is -0.120. The average molecular weight is 434 g/mol. The molecule has 0 aliphatic heterocycles. The van der Waals surface area contributed by atoms with Crippen molar-refractivity contribution in [3.63, 3.8) is 0 Å². The van der Waals surface area contributed by atoms with Gasteiger partial charge in [0.2, 0.25) is 5.91 Å². The highest BCUT2D eigenvalue weighted by atomic mass is 35.5. The number of halogens is 1. The Bertz CT molecular complexity index is 1210. The van der Waals surface area contributed by atoms with E-state index in [4.69, 9.17) is 11.6 Å². The topological polar surface area (TPSA) is 63.4 Å². The van der Waals surface area contributed by atoms with Gasteiger partial charge in [0.1, 0.15) is 0 Å². The molecule has 0 spiro atoms. The molecule has 7 heteroatoms. The smallest absolute Gasteiger partial charge is 0.253 e. The lowest BCUT2D eigenvalue weighted by Gasteiger charge is -2.26. The van der Waals surface area contributed by atoms with Crippen molar-refractivity contribution in [1.29, 1.82) is 0 Å². The summed E-state index contributed by atoms with van der Waals surface area (Å²) in [5.74, 6) is 0.745. The normalized spacial score (nSPS) is 12.1. The number of hydrogen-bond donors (Lipinski definition) is 0. The van der Waals surface area contributed by atoms with Gasteiger partial charge in [-0.25, -0.2) is 4.98 Å². The Hall–Kier alpha value is -3.25. The van der Waals surface area contributed by atoms with Crippen molar-refractivity contribution in [1.82, 2.24) is 19.6 Å². The van der Waals surface area contributed by atoms with Crippen molar-refractivity contribution in [2.45, 2.75) is 39.7 Å². The number of carbonyl (C=O) groups is 1. The first kappa shape index (κ1) is 21.0. The SMILES string of the molecule is CCC(C(=O)N(Cc1nc2nc(C)c(Cl)c(C)n2n1)c1ccccc1)c1ccccc1. The van der Waals surface area contributed by atoms with Gasteiger partial charge in [-0.15, -0.1) is 5.10 Å². The van der Waals surface area contributed by atoms with Crippen LogP contribution in [0.3, 0.4) is 0 Å². The Morgan fingerprint density at radius 2 is 1.68 bits per heavy atom. The highest BCUT2D eigenvalue weighted by Gasteiger charge is 2.27. The number of benzene rings is 2. The highest BCUT2D eigenvalue weighted by molar-refractivity contribution is 6.31. The summed E-state index contributed by atoms with van der Waals surface area (Å²) in [5.41, 5.74) is 3.28. The van der Waals surface area contributed by atoms with Gasteiger partial charge >= 0.3 is 0 Å². The van der Waals surface area contributed by atoms with E-state index in [1.807, 2.05) is 81.4 Å². The summed E-state index contributed by atoms with van der Waals surface area (Å²) in [5, 5.41) is 5.15. The van der Waals surface area contributed by atoms with Crippen LogP contribution < -0.4 is 4.90 Å². The van der Waals surface area contributed by atoms with E-state index < -0.39 is 0 Å². The van der Waals surface area contributed by atoms with Crippen LogP contribution >= 0.6 is 11.6 Å². The van der Waals surface area contributed by atoms with Crippen molar-refractivity contribution in [2.75, 3.05) is 4.90 Å². The standard InChI is InChI=1S/C24H24ClN5O/c1-4-20(18-11-7-5-8-12-18)23(31)29(19-13-9-6-10-14-19)15-21-27-24-26-16(2)22(25)17(3)30(24)28-21/h5-14,20H,4,15H2,1-3H3. The monoisotopic (exact) mass is 433 g/mol. The minimum Gasteiger partial charge on any atom is -0.304 e. The van der Waals surface area contributed by atoms with Crippen LogP contribution in [0.15, 0.2) is 60.7 Å². The summed E-state index contributed by atoms with van der Waals surface area (Å²) < 4.78 is 1.63. The zero-order chi connectivity index (χ0) is 22.0. The zero-order valence-corrected chi connectivity index (χ0v) is 18.5. The molecule has 0 fully saturated rings. The lowest BCUT2D eigenvalue weighted by atomic mass is 9.94. The van der Waals surface area contributed by atoms with Gasteiger partial charge < -0.3 is 4.90 Å². The first-order valence-electron chi connectivity index (χ1n) is 10.3. The largest absolute Gasteiger partial charge is 0.304 e. The fraction of sp³-hybridized carbons (Fsp3) is 0.250. The Morgan fingerprint density at radius 1 is 1.03 bits per heavy atom. The molecule has 2 heterocycles. The summed E-state index contributed by atoms with van der Waals surface area (Å²) in [6.07, 6.45) is 0.695. The predicted octanol–water partition coefficient (Wildman–Crippen LogP) is 5.12. The van der Waals surface area contributed by atoms with Gasteiger partial charge in [-0.05, 0) is 38.0 Å². The molecule has 0 saturated heterocycles. The van der Waals surface area contributed by atoms with Crippen LogP contribution in [0.25, 0.3) is 5.78 Å². The molecule has 0 saturated carbocycles. The molecular formula is C24H24ClN5O. The third kappa shape index (κ3) is 4.16. The van der Waals surface area contributed by atoms with Crippen molar-refractivity contribution < 1.29 is 4.79 Å². The number of fused-ring (bicyclic) bond motifs is 1. The molecule has 158 valence electrons. The fourth-order valence-electron chi connectivity index (χ4n) is 3.74. The number of aromatic nitrogens is 4. The number of aryl methyl sites for hydroxylation is 2. The van der Waals surface area contributed by atoms with E-state index in [0.717, 1.165) is 16.9 Å². The minimum absolute atomic E-state index is 0.0117. The van der Waals surface area contributed by atoms with E-state index in [0.29, 0.717) is 28.7 Å². The molecule has 0 bridgehead atoms. The zero-order valence-electron chi connectivity index (χ0n) is 17.8. The van der Waals surface area contributed by atoms with Crippen LogP contribution in [0.2, 0.25) is 5.02 Å². The van der Waals surface area contributed by atoms with Crippen molar-refractivity contribution >= 4 is 29.0 Å². The minimum atomic E-state index is -0.255. The van der Waals surface area contributed by atoms with Gasteiger partial charge in [0.25, 0.3) is 5.78 Å². The molecule has 0 aliphatic rings. The maximum absolute atomic E-state index is 13.7. The Kier molecular flexibility index (Phi) is 6.00. The van der Waals surface area contributed by atoms with Crippen LogP contribution in [-0.2, 0) is 11.3 Å². The molecule has 31 heavy (non-hydrogen) atoms. The van der Waals surface area contributed by atoms with Crippen LogP contribution in [0.4, 0.5) is 5.69 Å². The number of anilines is 1. The summed E-state index contributed by atoms with van der Waals surface area (Å²) >= 11 is 6.33. The quantitative estimate of drug-likeness (QED) is 0.423. The van der Waals surface area contributed by atoms with Gasteiger partial charge in [0.05, 0.1) is 28.9 Å². The first-order chi connectivity index (χ1) is 15.0. The summed E-state index contributed by atoms with van der Waals surface area (Å²) in [4.78, 5) is 24.5. The second kappa shape index (κ2) is 8.86. The Morgan fingerprint density at radius 3 is 2.32 bits per heavy atom. The molecule has 6 nitrogen and oxygen atoms in total. The van der Waals surface area contributed by atoms with Crippen LogP contribution in [0.5, 0.6) is 0 Å². The maximum atomic E-state index is 13.7. The third-order valence-electron chi connectivity index (χ3n) is 5.40. The number of carbonyl (C=O) groups excluding carboxylic acids is 1. The van der Waals surface area contributed by atoms with E-state index in [-0.39, 0.29) is 18.4 Å². The third-order valence-corrected chi connectivity index (χ3v) is 5.94. The Balaban J connectivity index is 1.73. The van der Waals surface area contributed by atoms with Crippen molar-refractivity contribution in [3.8, 4) is 0 Å². The van der Waals surface area contributed by atoms with Crippen LogP contribution in [0.1, 0.15) is 42.0 Å². The molecule has 1 atom stereocenters. The summed E-state index contributed by atoms with van der Waals surface area (Å²) in [7, 11) is 0. The molecule has 4 aromatic rings. The molecule has 0 N–H and O–H groups in total. The van der Waals surface area contributed by atoms with E-state index >= 15 is 0 Å². The van der Waals surface area contributed by atoms with Gasteiger partial charge in [0.15, 0.2) is 5.82 Å². The molecule has 0 aliphatic carbocycles. The van der Waals surface area contributed by atoms with Crippen molar-refractivity contribution in [3.05, 3.63) is 88.5 Å². The number of rotatable bonds is 6.